The van der Waals surface area contributed by atoms with Gasteiger partial charge in [-0.15, -0.1) is 5.10 Å². The Morgan fingerprint density at radius 1 is 1.12 bits per heavy atom. The lowest BCUT2D eigenvalue weighted by Gasteiger charge is -2.10. The Kier molecular flexibility index (Phi) is 4.92. The van der Waals surface area contributed by atoms with Crippen molar-refractivity contribution in [2.45, 2.75) is 13.8 Å². The summed E-state index contributed by atoms with van der Waals surface area (Å²) in [7, 11) is 0. The molecule has 0 saturated heterocycles. The largest absolute Gasteiger partial charge is 0.493 e. The van der Waals surface area contributed by atoms with Gasteiger partial charge in [-0.1, -0.05) is 19.9 Å². The minimum absolute atomic E-state index is 0.257. The second-order valence-electron chi connectivity index (χ2n) is 6.00. The standard InChI is InChI=1S/C18H18F2N4O/c1-12(2)10-25-17-5-3-4-15(9-17)22-18-21-11-24(23-18)16-7-13(19)6-14(20)8-16/h3-9,11-12H,10H2,1-2H3,(H,22,23). The smallest absolute Gasteiger partial charge is 0.246 e. The summed E-state index contributed by atoms with van der Waals surface area (Å²) in [6.45, 7) is 4.78. The van der Waals surface area contributed by atoms with Crippen molar-refractivity contribution in [2.24, 2.45) is 5.92 Å². The number of rotatable bonds is 6. The maximum absolute atomic E-state index is 13.3. The lowest BCUT2D eigenvalue weighted by atomic mass is 10.2. The SMILES string of the molecule is CC(C)COc1cccc(Nc2ncn(-c3cc(F)cc(F)c3)n2)c1. The highest BCUT2D eigenvalue weighted by atomic mass is 19.1. The molecule has 3 rings (SSSR count). The number of nitrogens with zero attached hydrogens (tertiary/aromatic N) is 3. The zero-order valence-corrected chi connectivity index (χ0v) is 13.9. The molecule has 5 nitrogen and oxygen atoms in total. The Hall–Kier alpha value is -2.96. The molecule has 0 atom stereocenters. The third kappa shape index (κ3) is 4.53. The Labute approximate surface area is 144 Å². The Balaban J connectivity index is 1.74. The first-order chi connectivity index (χ1) is 12.0. The topological polar surface area (TPSA) is 52.0 Å². The van der Waals surface area contributed by atoms with Gasteiger partial charge in [0.15, 0.2) is 0 Å². The van der Waals surface area contributed by atoms with Crippen LogP contribution in [0.5, 0.6) is 5.75 Å². The van der Waals surface area contributed by atoms with E-state index in [1.165, 1.54) is 23.1 Å². The predicted molar refractivity (Wildman–Crippen MR) is 91.3 cm³/mol. The van der Waals surface area contributed by atoms with Crippen LogP contribution in [0.2, 0.25) is 0 Å². The normalized spacial score (nSPS) is 10.9. The van der Waals surface area contributed by atoms with Gasteiger partial charge in [0.2, 0.25) is 5.95 Å². The molecule has 0 aliphatic heterocycles. The van der Waals surface area contributed by atoms with Crippen LogP contribution in [0.3, 0.4) is 0 Å². The molecule has 7 heteroatoms. The molecule has 0 aliphatic rings. The van der Waals surface area contributed by atoms with Gasteiger partial charge in [0, 0.05) is 17.8 Å². The number of aromatic nitrogens is 3. The number of hydrogen-bond acceptors (Lipinski definition) is 4. The number of anilines is 2. The molecule has 25 heavy (non-hydrogen) atoms. The highest BCUT2D eigenvalue weighted by Gasteiger charge is 2.07. The summed E-state index contributed by atoms with van der Waals surface area (Å²) in [6.07, 6.45) is 1.38. The molecule has 0 aliphatic carbocycles. The Bertz CT molecular complexity index is 844. The summed E-state index contributed by atoms with van der Waals surface area (Å²) < 4.78 is 33.6. The summed E-state index contributed by atoms with van der Waals surface area (Å²) in [4.78, 5) is 4.11. The molecule has 1 heterocycles. The van der Waals surface area contributed by atoms with Crippen LogP contribution in [-0.2, 0) is 0 Å². The molecule has 0 amide bonds. The zero-order valence-electron chi connectivity index (χ0n) is 13.9. The first-order valence-electron chi connectivity index (χ1n) is 7.87. The van der Waals surface area contributed by atoms with Crippen LogP contribution in [0.1, 0.15) is 13.8 Å². The molecule has 0 spiro atoms. The fourth-order valence-corrected chi connectivity index (χ4v) is 2.17. The second-order valence-corrected chi connectivity index (χ2v) is 6.00. The molecule has 130 valence electrons. The van der Waals surface area contributed by atoms with E-state index < -0.39 is 11.6 Å². The molecule has 0 bridgehead atoms. The average molecular weight is 344 g/mol. The predicted octanol–water partition coefficient (Wildman–Crippen LogP) is 4.32. The molecular weight excluding hydrogens is 326 g/mol. The minimum Gasteiger partial charge on any atom is -0.493 e. The van der Waals surface area contributed by atoms with Crippen molar-refractivity contribution in [3.8, 4) is 11.4 Å². The molecular formula is C18H18F2N4O. The van der Waals surface area contributed by atoms with Crippen molar-refractivity contribution in [2.75, 3.05) is 11.9 Å². The number of ether oxygens (including phenoxy) is 1. The quantitative estimate of drug-likeness (QED) is 0.723. The third-order valence-electron chi connectivity index (χ3n) is 3.28. The van der Waals surface area contributed by atoms with Gasteiger partial charge in [0.25, 0.3) is 0 Å². The van der Waals surface area contributed by atoms with Crippen LogP contribution in [-0.4, -0.2) is 21.4 Å². The molecule has 1 N–H and O–H groups in total. The van der Waals surface area contributed by atoms with E-state index >= 15 is 0 Å². The van der Waals surface area contributed by atoms with Gasteiger partial charge < -0.3 is 10.1 Å². The molecule has 0 saturated carbocycles. The summed E-state index contributed by atoms with van der Waals surface area (Å²) >= 11 is 0. The fraction of sp³-hybridized carbons (Fsp3) is 0.222. The summed E-state index contributed by atoms with van der Waals surface area (Å²) in [5.41, 5.74) is 1.01. The molecule has 1 aromatic heterocycles. The van der Waals surface area contributed by atoms with Crippen LogP contribution in [0, 0.1) is 17.6 Å². The molecule has 0 unspecified atom stereocenters. The van der Waals surface area contributed by atoms with E-state index in [0.29, 0.717) is 18.5 Å². The van der Waals surface area contributed by atoms with Gasteiger partial charge in [-0.05, 0) is 30.2 Å². The van der Waals surface area contributed by atoms with Gasteiger partial charge in [-0.25, -0.2) is 13.5 Å². The Morgan fingerprint density at radius 2 is 1.88 bits per heavy atom. The third-order valence-corrected chi connectivity index (χ3v) is 3.28. The maximum atomic E-state index is 13.3. The maximum Gasteiger partial charge on any atom is 0.246 e. The average Bonchev–Trinajstić information content (AvgIpc) is 3.01. The summed E-state index contributed by atoms with van der Waals surface area (Å²) in [6, 6.07) is 10.6. The number of halogens is 2. The van der Waals surface area contributed by atoms with Crippen LogP contribution in [0.15, 0.2) is 48.8 Å². The zero-order chi connectivity index (χ0) is 17.8. The molecule has 2 aromatic carbocycles. The Morgan fingerprint density at radius 3 is 2.60 bits per heavy atom. The van der Waals surface area contributed by atoms with E-state index in [-0.39, 0.29) is 5.69 Å². The highest BCUT2D eigenvalue weighted by Crippen LogP contribution is 2.21. The van der Waals surface area contributed by atoms with Gasteiger partial charge in [-0.3, -0.25) is 0 Å². The number of nitrogens with one attached hydrogen (secondary N) is 1. The highest BCUT2D eigenvalue weighted by molar-refractivity contribution is 5.55. The first kappa shape index (κ1) is 16.9. The second kappa shape index (κ2) is 7.29. The van der Waals surface area contributed by atoms with E-state index in [9.17, 15) is 8.78 Å². The van der Waals surface area contributed by atoms with Crippen molar-refractivity contribution in [3.05, 3.63) is 60.4 Å². The number of benzene rings is 2. The summed E-state index contributed by atoms with van der Waals surface area (Å²) in [5, 5.41) is 7.22. The molecule has 0 fully saturated rings. The van der Waals surface area contributed by atoms with Crippen LogP contribution < -0.4 is 10.1 Å². The summed E-state index contributed by atoms with van der Waals surface area (Å²) in [5.74, 6) is 0.140. The lowest BCUT2D eigenvalue weighted by molar-refractivity contribution is 0.271. The van der Waals surface area contributed by atoms with E-state index in [1.807, 2.05) is 24.3 Å². The van der Waals surface area contributed by atoms with Crippen molar-refractivity contribution in [3.63, 3.8) is 0 Å². The van der Waals surface area contributed by atoms with Crippen LogP contribution in [0.4, 0.5) is 20.4 Å². The van der Waals surface area contributed by atoms with Crippen molar-refractivity contribution in [1.29, 1.82) is 0 Å². The van der Waals surface area contributed by atoms with Crippen LogP contribution in [0.25, 0.3) is 5.69 Å². The van der Waals surface area contributed by atoms with Crippen molar-refractivity contribution < 1.29 is 13.5 Å². The van der Waals surface area contributed by atoms with E-state index in [2.05, 4.69) is 29.2 Å². The van der Waals surface area contributed by atoms with Gasteiger partial charge >= 0.3 is 0 Å². The van der Waals surface area contributed by atoms with E-state index in [1.54, 1.807) is 0 Å². The van der Waals surface area contributed by atoms with Crippen molar-refractivity contribution >= 4 is 11.6 Å². The minimum atomic E-state index is -0.671. The first-order valence-corrected chi connectivity index (χ1v) is 7.87. The fourth-order valence-electron chi connectivity index (χ4n) is 2.17. The van der Waals surface area contributed by atoms with Crippen LogP contribution >= 0.6 is 0 Å². The van der Waals surface area contributed by atoms with E-state index in [4.69, 9.17) is 4.74 Å². The van der Waals surface area contributed by atoms with Gasteiger partial charge in [-0.2, -0.15) is 4.98 Å². The van der Waals surface area contributed by atoms with Gasteiger partial charge in [0.1, 0.15) is 23.7 Å². The van der Waals surface area contributed by atoms with E-state index in [0.717, 1.165) is 17.5 Å². The molecule has 0 radical (unpaired) electrons. The van der Waals surface area contributed by atoms with Crippen molar-refractivity contribution in [1.82, 2.24) is 14.8 Å². The monoisotopic (exact) mass is 344 g/mol. The van der Waals surface area contributed by atoms with Gasteiger partial charge in [0.05, 0.1) is 12.3 Å². The lowest BCUT2D eigenvalue weighted by Crippen LogP contribution is -2.04. The molecule has 3 aromatic rings. The number of hydrogen-bond donors (Lipinski definition) is 1.